The van der Waals surface area contributed by atoms with Crippen LogP contribution in [0.4, 0.5) is 22.9 Å². The number of fused-ring (bicyclic) bond motifs is 3. The molecule has 3 aromatic rings. The van der Waals surface area contributed by atoms with E-state index in [1.165, 1.54) is 18.2 Å². The number of carboxylic acids is 1. The molecule has 4 rings (SSSR count). The number of anilines is 4. The Morgan fingerprint density at radius 2 is 1.82 bits per heavy atom. The minimum absolute atomic E-state index is 0.0472. The number of ketones is 1. The molecule has 0 saturated heterocycles. The van der Waals surface area contributed by atoms with Gasteiger partial charge >= 0.3 is 5.97 Å². The Morgan fingerprint density at radius 1 is 1.11 bits per heavy atom. The maximum Gasteiger partial charge on any atom is 0.335 e. The molecule has 2 heterocycles. The van der Waals surface area contributed by atoms with Gasteiger partial charge in [-0.05, 0) is 36.4 Å². The third-order valence-electron chi connectivity index (χ3n) is 4.55. The van der Waals surface area contributed by atoms with Crippen LogP contribution >= 0.6 is 0 Å². The lowest BCUT2D eigenvalue weighted by Gasteiger charge is -2.15. The maximum atomic E-state index is 12.4. The molecule has 8 nitrogen and oxygen atoms in total. The summed E-state index contributed by atoms with van der Waals surface area (Å²) < 4.78 is 0. The van der Waals surface area contributed by atoms with E-state index in [4.69, 9.17) is 0 Å². The average Bonchev–Trinajstić information content (AvgIpc) is 2.97. The number of nitrogens with one attached hydrogen (secondary N) is 2. The van der Waals surface area contributed by atoms with Crippen molar-refractivity contribution >= 4 is 51.4 Å². The van der Waals surface area contributed by atoms with Gasteiger partial charge in [0.2, 0.25) is 0 Å². The molecule has 0 unspecified atom stereocenters. The maximum absolute atomic E-state index is 12.4. The number of amides is 1. The summed E-state index contributed by atoms with van der Waals surface area (Å²) in [6, 6.07) is 11.8. The number of carboxylic acid groups (broad SMARTS) is 1. The highest BCUT2D eigenvalue weighted by molar-refractivity contribution is 6.54. The molecule has 0 saturated carbocycles. The van der Waals surface area contributed by atoms with Crippen LogP contribution in [0.2, 0.25) is 0 Å². The fourth-order valence-corrected chi connectivity index (χ4v) is 3.11. The lowest BCUT2D eigenvalue weighted by atomic mass is 10.0. The minimum Gasteiger partial charge on any atom is -0.478 e. The van der Waals surface area contributed by atoms with Crippen LogP contribution in [-0.2, 0) is 4.79 Å². The van der Waals surface area contributed by atoms with Crippen molar-refractivity contribution in [1.82, 2.24) is 4.98 Å². The Morgan fingerprint density at radius 3 is 2.46 bits per heavy atom. The topological polar surface area (TPSA) is 112 Å². The first kappa shape index (κ1) is 17.5. The molecule has 0 radical (unpaired) electrons. The number of rotatable bonds is 4. The summed E-state index contributed by atoms with van der Waals surface area (Å²) in [5.41, 5.74) is 2.57. The summed E-state index contributed by atoms with van der Waals surface area (Å²) in [4.78, 5) is 42.0. The van der Waals surface area contributed by atoms with Crippen LogP contribution < -0.4 is 15.5 Å². The van der Waals surface area contributed by atoms with Gasteiger partial charge < -0.3 is 20.6 Å². The van der Waals surface area contributed by atoms with Crippen LogP contribution in [0.25, 0.3) is 10.9 Å². The van der Waals surface area contributed by atoms with E-state index < -0.39 is 17.7 Å². The number of benzene rings is 2. The fourth-order valence-electron chi connectivity index (χ4n) is 3.11. The van der Waals surface area contributed by atoms with Gasteiger partial charge in [0.1, 0.15) is 0 Å². The standard InChI is InChI=1S/C20H16N4O4/c1-24(2)12-6-4-11(5-7-12)21-18-16-15(17(25)19(26)23-16)13-8-3-10(20(27)28)9-14(13)22-18/h3-9H,1-2H3,(H,21,22)(H,27,28)(H,23,25,26). The number of aromatic nitrogens is 1. The van der Waals surface area contributed by atoms with Gasteiger partial charge in [0.05, 0.1) is 22.3 Å². The van der Waals surface area contributed by atoms with E-state index >= 15 is 0 Å². The van der Waals surface area contributed by atoms with Gasteiger partial charge in [0.25, 0.3) is 11.7 Å². The van der Waals surface area contributed by atoms with Crippen molar-refractivity contribution < 1.29 is 19.5 Å². The molecule has 1 aliphatic heterocycles. The Kier molecular flexibility index (Phi) is 3.96. The predicted octanol–water partition coefficient (Wildman–Crippen LogP) is 2.88. The Bertz CT molecular complexity index is 1150. The molecule has 0 spiro atoms. The zero-order valence-corrected chi connectivity index (χ0v) is 15.1. The van der Waals surface area contributed by atoms with Crippen molar-refractivity contribution in [3.8, 4) is 0 Å². The number of aromatic carboxylic acids is 1. The molecule has 28 heavy (non-hydrogen) atoms. The molecule has 0 bridgehead atoms. The Hall–Kier alpha value is -3.94. The first-order chi connectivity index (χ1) is 13.3. The molecular formula is C20H16N4O4. The van der Waals surface area contributed by atoms with Crippen LogP contribution in [0.5, 0.6) is 0 Å². The van der Waals surface area contributed by atoms with Crippen molar-refractivity contribution in [2.45, 2.75) is 0 Å². The van der Waals surface area contributed by atoms with Crippen molar-refractivity contribution in [2.24, 2.45) is 0 Å². The third-order valence-corrected chi connectivity index (χ3v) is 4.55. The lowest BCUT2D eigenvalue weighted by molar-refractivity contribution is -0.112. The van der Waals surface area contributed by atoms with E-state index in [1.807, 2.05) is 43.3 Å². The first-order valence-corrected chi connectivity index (χ1v) is 8.46. The summed E-state index contributed by atoms with van der Waals surface area (Å²) in [6.45, 7) is 0. The summed E-state index contributed by atoms with van der Waals surface area (Å²) in [5.74, 6) is -2.23. The molecule has 1 amide bonds. The zero-order valence-electron chi connectivity index (χ0n) is 15.1. The van der Waals surface area contributed by atoms with Crippen molar-refractivity contribution in [3.63, 3.8) is 0 Å². The van der Waals surface area contributed by atoms with Crippen LogP contribution in [-0.4, -0.2) is 41.8 Å². The van der Waals surface area contributed by atoms with Crippen LogP contribution in [0.1, 0.15) is 20.7 Å². The Balaban J connectivity index is 1.85. The molecule has 1 aromatic heterocycles. The van der Waals surface area contributed by atoms with Crippen molar-refractivity contribution in [1.29, 1.82) is 0 Å². The third kappa shape index (κ3) is 2.81. The minimum atomic E-state index is -1.10. The van der Waals surface area contributed by atoms with E-state index in [9.17, 15) is 19.5 Å². The molecule has 1 aliphatic rings. The van der Waals surface area contributed by atoms with Crippen LogP contribution in [0.15, 0.2) is 42.5 Å². The molecular weight excluding hydrogens is 360 g/mol. The van der Waals surface area contributed by atoms with E-state index in [0.717, 1.165) is 5.69 Å². The quantitative estimate of drug-likeness (QED) is 0.600. The molecule has 140 valence electrons. The summed E-state index contributed by atoms with van der Waals surface area (Å²) in [7, 11) is 3.86. The average molecular weight is 376 g/mol. The second-order valence-electron chi connectivity index (χ2n) is 6.60. The predicted molar refractivity (Wildman–Crippen MR) is 106 cm³/mol. The second-order valence-corrected chi connectivity index (χ2v) is 6.60. The molecule has 8 heteroatoms. The van der Waals surface area contributed by atoms with Gasteiger partial charge in [0, 0.05) is 30.9 Å². The van der Waals surface area contributed by atoms with Crippen LogP contribution in [0, 0.1) is 0 Å². The second kappa shape index (κ2) is 6.34. The number of hydrogen-bond donors (Lipinski definition) is 3. The van der Waals surface area contributed by atoms with Gasteiger partial charge in [-0.3, -0.25) is 9.59 Å². The highest BCUT2D eigenvalue weighted by atomic mass is 16.4. The monoisotopic (exact) mass is 376 g/mol. The van der Waals surface area contributed by atoms with E-state index in [-0.39, 0.29) is 16.9 Å². The van der Waals surface area contributed by atoms with E-state index in [1.54, 1.807) is 0 Å². The number of Topliss-reactive ketones (excluding diaryl/α,β-unsaturated/α-hetero) is 1. The first-order valence-electron chi connectivity index (χ1n) is 8.46. The number of nitrogens with zero attached hydrogens (tertiary/aromatic N) is 2. The smallest absolute Gasteiger partial charge is 0.335 e. The van der Waals surface area contributed by atoms with E-state index in [2.05, 4.69) is 15.6 Å². The molecule has 2 aromatic carbocycles. The molecule has 0 fully saturated rings. The highest BCUT2D eigenvalue weighted by Crippen LogP contribution is 2.37. The van der Waals surface area contributed by atoms with Crippen molar-refractivity contribution in [3.05, 3.63) is 53.6 Å². The molecule has 0 aliphatic carbocycles. The summed E-state index contributed by atoms with van der Waals surface area (Å²) in [6.07, 6.45) is 0. The van der Waals surface area contributed by atoms with Gasteiger partial charge in [-0.2, -0.15) is 0 Å². The highest BCUT2D eigenvalue weighted by Gasteiger charge is 2.33. The van der Waals surface area contributed by atoms with Gasteiger partial charge in [-0.15, -0.1) is 0 Å². The Labute approximate surface area is 159 Å². The van der Waals surface area contributed by atoms with Crippen molar-refractivity contribution in [2.75, 3.05) is 29.6 Å². The number of carbonyl (C=O) groups excluding carboxylic acids is 2. The SMILES string of the molecule is CN(C)c1ccc(Nc2nc3cc(C(=O)O)ccc3c3c2NC(=O)C3=O)cc1. The summed E-state index contributed by atoms with van der Waals surface area (Å²) in [5, 5.41) is 15.3. The normalized spacial score (nSPS) is 12.6. The molecule has 3 N–H and O–H groups in total. The largest absolute Gasteiger partial charge is 0.478 e. The van der Waals surface area contributed by atoms with Gasteiger partial charge in [0.15, 0.2) is 5.82 Å². The van der Waals surface area contributed by atoms with E-state index in [0.29, 0.717) is 22.3 Å². The summed E-state index contributed by atoms with van der Waals surface area (Å²) >= 11 is 0. The number of carbonyl (C=O) groups is 3. The number of pyridine rings is 1. The zero-order chi connectivity index (χ0) is 20.0. The van der Waals surface area contributed by atoms with Gasteiger partial charge in [-0.25, -0.2) is 9.78 Å². The van der Waals surface area contributed by atoms with Gasteiger partial charge in [-0.1, -0.05) is 6.07 Å². The number of hydrogen-bond acceptors (Lipinski definition) is 6. The van der Waals surface area contributed by atoms with Crippen LogP contribution in [0.3, 0.4) is 0 Å². The lowest BCUT2D eigenvalue weighted by Crippen LogP contribution is -2.12. The molecule has 0 atom stereocenters. The fraction of sp³-hybridized carbons (Fsp3) is 0.100.